The summed E-state index contributed by atoms with van der Waals surface area (Å²) in [6.45, 7) is 0.520. The Balaban J connectivity index is 1.91. The highest BCUT2D eigenvalue weighted by Crippen LogP contribution is 2.07. The van der Waals surface area contributed by atoms with Gasteiger partial charge < -0.3 is 11.1 Å². The zero-order valence-electron chi connectivity index (χ0n) is 12.0. The standard InChI is InChI=1S/C15H18N4O3/c16-12(20)11-13(18-15(22)19-14(11)21)17-9-5-4-8-10-6-2-1-3-7-10/h1-3,6-7H,4-5,8-9H2,(H2,16,20)(H3,17,18,19,21,22). The van der Waals surface area contributed by atoms with E-state index in [1.54, 1.807) is 0 Å². The molecule has 0 aliphatic heterocycles. The van der Waals surface area contributed by atoms with Crippen molar-refractivity contribution in [3.63, 3.8) is 0 Å². The number of nitrogens with two attached hydrogens (primary N) is 1. The lowest BCUT2D eigenvalue weighted by molar-refractivity contribution is 0.0999. The molecular formula is C15H18N4O3. The van der Waals surface area contributed by atoms with Crippen LogP contribution in [-0.2, 0) is 6.42 Å². The molecule has 2 aromatic rings. The summed E-state index contributed by atoms with van der Waals surface area (Å²) in [5.41, 5.74) is 4.68. The van der Waals surface area contributed by atoms with E-state index in [9.17, 15) is 14.4 Å². The van der Waals surface area contributed by atoms with Gasteiger partial charge in [-0.1, -0.05) is 30.3 Å². The monoisotopic (exact) mass is 302 g/mol. The number of carbonyl (C=O) groups excluding carboxylic acids is 1. The molecule has 5 N–H and O–H groups in total. The van der Waals surface area contributed by atoms with Crippen molar-refractivity contribution in [1.29, 1.82) is 0 Å². The Hall–Kier alpha value is -2.83. The van der Waals surface area contributed by atoms with Gasteiger partial charge in [-0.15, -0.1) is 0 Å². The summed E-state index contributed by atoms with van der Waals surface area (Å²) in [4.78, 5) is 38.4. The SMILES string of the molecule is NC(=O)c1c(NCCCCc2ccccc2)[nH]c(=O)[nH]c1=O. The third-order valence-electron chi connectivity index (χ3n) is 3.23. The third kappa shape index (κ3) is 4.08. The van der Waals surface area contributed by atoms with Gasteiger partial charge in [0.15, 0.2) is 0 Å². The van der Waals surface area contributed by atoms with Gasteiger partial charge in [-0.3, -0.25) is 19.6 Å². The fourth-order valence-corrected chi connectivity index (χ4v) is 2.17. The van der Waals surface area contributed by atoms with Crippen molar-refractivity contribution in [2.75, 3.05) is 11.9 Å². The fourth-order valence-electron chi connectivity index (χ4n) is 2.17. The maximum Gasteiger partial charge on any atom is 0.327 e. The van der Waals surface area contributed by atoms with Crippen molar-refractivity contribution in [2.45, 2.75) is 19.3 Å². The summed E-state index contributed by atoms with van der Waals surface area (Å²) in [6.07, 6.45) is 2.70. The van der Waals surface area contributed by atoms with Crippen LogP contribution in [0.15, 0.2) is 39.9 Å². The van der Waals surface area contributed by atoms with E-state index in [2.05, 4.69) is 22.4 Å². The molecule has 0 spiro atoms. The van der Waals surface area contributed by atoms with E-state index in [0.717, 1.165) is 19.3 Å². The summed E-state index contributed by atoms with van der Waals surface area (Å²) in [6, 6.07) is 10.1. The molecule has 0 aliphatic rings. The smallest absolute Gasteiger partial charge is 0.327 e. The van der Waals surface area contributed by atoms with Crippen molar-refractivity contribution in [1.82, 2.24) is 9.97 Å². The molecule has 1 aromatic heterocycles. The molecule has 1 amide bonds. The van der Waals surface area contributed by atoms with E-state index in [1.807, 2.05) is 23.2 Å². The van der Waals surface area contributed by atoms with E-state index >= 15 is 0 Å². The molecule has 7 heteroatoms. The first kappa shape index (κ1) is 15.6. The molecule has 0 saturated heterocycles. The van der Waals surface area contributed by atoms with Gasteiger partial charge in [-0.25, -0.2) is 4.79 Å². The van der Waals surface area contributed by atoms with Crippen LogP contribution in [0.5, 0.6) is 0 Å². The van der Waals surface area contributed by atoms with Crippen LogP contribution < -0.4 is 22.3 Å². The van der Waals surface area contributed by atoms with Crippen LogP contribution in [0.4, 0.5) is 5.82 Å². The van der Waals surface area contributed by atoms with E-state index < -0.39 is 17.2 Å². The van der Waals surface area contributed by atoms with E-state index in [0.29, 0.717) is 6.54 Å². The Morgan fingerprint density at radius 2 is 1.82 bits per heavy atom. The van der Waals surface area contributed by atoms with Gasteiger partial charge in [0.05, 0.1) is 0 Å². The Morgan fingerprint density at radius 1 is 1.09 bits per heavy atom. The molecule has 0 aliphatic carbocycles. The highest BCUT2D eigenvalue weighted by molar-refractivity contribution is 5.97. The van der Waals surface area contributed by atoms with E-state index in [-0.39, 0.29) is 11.4 Å². The summed E-state index contributed by atoms with van der Waals surface area (Å²) in [5.74, 6) is -0.815. The van der Waals surface area contributed by atoms with Crippen LogP contribution in [0.2, 0.25) is 0 Å². The lowest BCUT2D eigenvalue weighted by Gasteiger charge is -2.08. The topological polar surface area (TPSA) is 121 Å². The second kappa shape index (κ2) is 7.26. The predicted octanol–water partition coefficient (Wildman–Crippen LogP) is 0.597. The number of aromatic nitrogens is 2. The average Bonchev–Trinajstić information content (AvgIpc) is 2.46. The minimum absolute atomic E-state index is 0.0703. The fraction of sp³-hybridized carbons (Fsp3) is 0.267. The number of hydrogen-bond donors (Lipinski definition) is 4. The Kier molecular flexibility index (Phi) is 5.13. The molecule has 0 unspecified atom stereocenters. The highest BCUT2D eigenvalue weighted by atomic mass is 16.2. The zero-order chi connectivity index (χ0) is 15.9. The zero-order valence-corrected chi connectivity index (χ0v) is 12.0. The van der Waals surface area contributed by atoms with Gasteiger partial charge in [-0.2, -0.15) is 0 Å². The number of aryl methyl sites for hydroxylation is 1. The molecule has 2 rings (SSSR count). The number of carbonyl (C=O) groups is 1. The molecule has 0 radical (unpaired) electrons. The second-order valence-electron chi connectivity index (χ2n) is 4.89. The number of hydrogen-bond acceptors (Lipinski definition) is 4. The average molecular weight is 302 g/mol. The van der Waals surface area contributed by atoms with Gasteiger partial charge >= 0.3 is 5.69 Å². The predicted molar refractivity (Wildman–Crippen MR) is 84.1 cm³/mol. The van der Waals surface area contributed by atoms with Gasteiger partial charge in [0.2, 0.25) is 0 Å². The number of unbranched alkanes of at least 4 members (excludes halogenated alkanes) is 1. The molecule has 1 aromatic carbocycles. The lowest BCUT2D eigenvalue weighted by Crippen LogP contribution is -2.32. The van der Waals surface area contributed by atoms with Gasteiger partial charge in [-0.05, 0) is 24.8 Å². The Labute approximate surface area is 126 Å². The lowest BCUT2D eigenvalue weighted by atomic mass is 10.1. The van der Waals surface area contributed by atoms with E-state index in [1.165, 1.54) is 5.56 Å². The van der Waals surface area contributed by atoms with Crippen LogP contribution in [0.25, 0.3) is 0 Å². The van der Waals surface area contributed by atoms with Gasteiger partial charge in [0, 0.05) is 6.54 Å². The molecule has 0 bridgehead atoms. The Morgan fingerprint density at radius 3 is 2.50 bits per heavy atom. The van der Waals surface area contributed by atoms with Crippen molar-refractivity contribution >= 4 is 11.7 Å². The molecule has 1 heterocycles. The molecule has 7 nitrogen and oxygen atoms in total. The minimum Gasteiger partial charge on any atom is -0.371 e. The largest absolute Gasteiger partial charge is 0.371 e. The first-order valence-electron chi connectivity index (χ1n) is 7.02. The van der Waals surface area contributed by atoms with Crippen LogP contribution >= 0.6 is 0 Å². The molecule has 0 atom stereocenters. The van der Waals surface area contributed by atoms with Crippen LogP contribution in [0.3, 0.4) is 0 Å². The number of rotatable bonds is 7. The summed E-state index contributed by atoms with van der Waals surface area (Å²) in [5, 5.41) is 2.89. The molecule has 116 valence electrons. The number of nitrogens with one attached hydrogen (secondary N) is 3. The second-order valence-corrected chi connectivity index (χ2v) is 4.89. The van der Waals surface area contributed by atoms with Crippen molar-refractivity contribution in [2.24, 2.45) is 5.73 Å². The number of amides is 1. The maximum absolute atomic E-state index is 11.6. The molecule has 0 fully saturated rings. The molecule has 22 heavy (non-hydrogen) atoms. The first-order valence-corrected chi connectivity index (χ1v) is 7.02. The van der Waals surface area contributed by atoms with Crippen molar-refractivity contribution in [3.8, 4) is 0 Å². The number of benzene rings is 1. The number of primary amides is 1. The maximum atomic E-state index is 11.6. The first-order chi connectivity index (χ1) is 10.6. The van der Waals surface area contributed by atoms with Crippen LogP contribution in [0.1, 0.15) is 28.8 Å². The van der Waals surface area contributed by atoms with Crippen LogP contribution in [0, 0.1) is 0 Å². The summed E-state index contributed by atoms with van der Waals surface area (Å²) >= 11 is 0. The number of anilines is 1. The van der Waals surface area contributed by atoms with Gasteiger partial charge in [0.25, 0.3) is 11.5 Å². The van der Waals surface area contributed by atoms with Gasteiger partial charge in [0.1, 0.15) is 11.4 Å². The van der Waals surface area contributed by atoms with Crippen molar-refractivity contribution in [3.05, 3.63) is 62.3 Å². The highest BCUT2D eigenvalue weighted by Gasteiger charge is 2.14. The summed E-state index contributed by atoms with van der Waals surface area (Å²) in [7, 11) is 0. The minimum atomic E-state index is -0.885. The molecule has 0 saturated carbocycles. The quantitative estimate of drug-likeness (QED) is 0.559. The third-order valence-corrected chi connectivity index (χ3v) is 3.23. The molecular weight excluding hydrogens is 284 g/mol. The number of H-pyrrole nitrogens is 2. The van der Waals surface area contributed by atoms with Crippen LogP contribution in [-0.4, -0.2) is 22.4 Å². The van der Waals surface area contributed by atoms with Crippen molar-refractivity contribution < 1.29 is 4.79 Å². The number of aromatic amines is 2. The summed E-state index contributed by atoms with van der Waals surface area (Å²) < 4.78 is 0. The normalized spacial score (nSPS) is 10.4. The Bertz CT molecular complexity index is 749. The van der Waals surface area contributed by atoms with E-state index in [4.69, 9.17) is 5.73 Å².